The standard InChI is InChI=1S/C17H22N4O2/c1-12(22)20-6-8-21(9-7-20)17-14-5-4-13(23-3)10-15(14)16(18-2)11-19-17/h4-5,10-11,18H,6-9H2,1-3H3. The molecule has 0 atom stereocenters. The van der Waals surface area contributed by atoms with E-state index in [-0.39, 0.29) is 5.91 Å². The van der Waals surface area contributed by atoms with E-state index in [1.165, 1.54) is 0 Å². The lowest BCUT2D eigenvalue weighted by atomic mass is 10.1. The summed E-state index contributed by atoms with van der Waals surface area (Å²) in [6.07, 6.45) is 1.86. The molecular formula is C17H22N4O2. The van der Waals surface area contributed by atoms with Crippen molar-refractivity contribution in [1.29, 1.82) is 0 Å². The van der Waals surface area contributed by atoms with Gasteiger partial charge in [0, 0.05) is 50.9 Å². The Bertz CT molecular complexity index is 724. The van der Waals surface area contributed by atoms with Gasteiger partial charge in [-0.2, -0.15) is 0 Å². The predicted octanol–water partition coefficient (Wildman–Crippen LogP) is 1.95. The summed E-state index contributed by atoms with van der Waals surface area (Å²) in [4.78, 5) is 20.2. The molecule has 122 valence electrons. The second kappa shape index (κ2) is 6.32. The number of amides is 1. The molecule has 0 bridgehead atoms. The summed E-state index contributed by atoms with van der Waals surface area (Å²) in [7, 11) is 3.56. The maximum Gasteiger partial charge on any atom is 0.219 e. The number of methoxy groups -OCH3 is 1. The molecule has 23 heavy (non-hydrogen) atoms. The fourth-order valence-corrected chi connectivity index (χ4v) is 3.02. The average Bonchev–Trinajstić information content (AvgIpc) is 2.60. The van der Waals surface area contributed by atoms with Crippen molar-refractivity contribution in [2.24, 2.45) is 0 Å². The van der Waals surface area contributed by atoms with Crippen molar-refractivity contribution in [2.75, 3.05) is 50.6 Å². The van der Waals surface area contributed by atoms with Gasteiger partial charge < -0.3 is 19.9 Å². The highest BCUT2D eigenvalue weighted by molar-refractivity contribution is 6.01. The second-order valence-corrected chi connectivity index (χ2v) is 5.65. The predicted molar refractivity (Wildman–Crippen MR) is 92.3 cm³/mol. The zero-order chi connectivity index (χ0) is 16.4. The van der Waals surface area contributed by atoms with Crippen LogP contribution in [0.4, 0.5) is 11.5 Å². The van der Waals surface area contributed by atoms with Crippen molar-refractivity contribution in [3.05, 3.63) is 24.4 Å². The van der Waals surface area contributed by atoms with E-state index in [1.807, 2.05) is 30.3 Å². The van der Waals surface area contributed by atoms with Gasteiger partial charge in [-0.25, -0.2) is 4.98 Å². The SMILES string of the molecule is CNc1cnc(N2CCN(C(C)=O)CC2)c2ccc(OC)cc12. The van der Waals surface area contributed by atoms with Crippen LogP contribution < -0.4 is 15.0 Å². The quantitative estimate of drug-likeness (QED) is 0.938. The number of fused-ring (bicyclic) bond motifs is 1. The Labute approximate surface area is 136 Å². The zero-order valence-electron chi connectivity index (χ0n) is 13.8. The van der Waals surface area contributed by atoms with E-state index < -0.39 is 0 Å². The van der Waals surface area contributed by atoms with E-state index in [9.17, 15) is 4.79 Å². The minimum absolute atomic E-state index is 0.137. The number of piperazine rings is 1. The van der Waals surface area contributed by atoms with Crippen LogP contribution in [0.1, 0.15) is 6.92 Å². The molecule has 6 heteroatoms. The van der Waals surface area contributed by atoms with Crippen LogP contribution in [0.15, 0.2) is 24.4 Å². The van der Waals surface area contributed by atoms with Gasteiger partial charge in [-0.15, -0.1) is 0 Å². The van der Waals surface area contributed by atoms with Gasteiger partial charge >= 0.3 is 0 Å². The maximum absolute atomic E-state index is 11.5. The van der Waals surface area contributed by atoms with E-state index >= 15 is 0 Å². The first-order valence-electron chi connectivity index (χ1n) is 7.79. The van der Waals surface area contributed by atoms with Crippen molar-refractivity contribution >= 4 is 28.2 Å². The summed E-state index contributed by atoms with van der Waals surface area (Å²) in [5.41, 5.74) is 0.977. The van der Waals surface area contributed by atoms with Crippen molar-refractivity contribution in [3.8, 4) is 5.75 Å². The molecule has 2 heterocycles. The number of nitrogens with zero attached hydrogens (tertiary/aromatic N) is 3. The number of carbonyl (C=O) groups excluding carboxylic acids is 1. The van der Waals surface area contributed by atoms with Crippen molar-refractivity contribution in [3.63, 3.8) is 0 Å². The van der Waals surface area contributed by atoms with Crippen LogP contribution in [-0.4, -0.2) is 56.1 Å². The normalized spacial score (nSPS) is 14.9. The Morgan fingerprint density at radius 2 is 1.96 bits per heavy atom. The molecule has 0 radical (unpaired) electrons. The lowest BCUT2D eigenvalue weighted by molar-refractivity contribution is -0.129. The lowest BCUT2D eigenvalue weighted by Crippen LogP contribution is -2.48. The third-order valence-electron chi connectivity index (χ3n) is 4.37. The molecule has 6 nitrogen and oxygen atoms in total. The van der Waals surface area contributed by atoms with Crippen LogP contribution in [0.25, 0.3) is 10.8 Å². The monoisotopic (exact) mass is 314 g/mol. The maximum atomic E-state index is 11.5. The summed E-state index contributed by atoms with van der Waals surface area (Å²) in [5, 5.41) is 5.36. The highest BCUT2D eigenvalue weighted by Crippen LogP contribution is 2.33. The van der Waals surface area contributed by atoms with Gasteiger partial charge in [0.05, 0.1) is 19.0 Å². The van der Waals surface area contributed by atoms with Gasteiger partial charge in [-0.05, 0) is 18.2 Å². The van der Waals surface area contributed by atoms with E-state index in [0.717, 1.165) is 54.2 Å². The number of rotatable bonds is 3. The Balaban J connectivity index is 1.97. The Hall–Kier alpha value is -2.50. The zero-order valence-corrected chi connectivity index (χ0v) is 13.8. The largest absolute Gasteiger partial charge is 0.497 e. The van der Waals surface area contributed by atoms with Crippen LogP contribution in [0.5, 0.6) is 5.75 Å². The summed E-state index contributed by atoms with van der Waals surface area (Å²) < 4.78 is 5.34. The third-order valence-corrected chi connectivity index (χ3v) is 4.37. The van der Waals surface area contributed by atoms with Crippen LogP contribution in [0.2, 0.25) is 0 Å². The van der Waals surface area contributed by atoms with E-state index in [1.54, 1.807) is 14.0 Å². The van der Waals surface area contributed by atoms with E-state index in [4.69, 9.17) is 4.74 Å². The summed E-state index contributed by atoms with van der Waals surface area (Å²) >= 11 is 0. The number of ether oxygens (including phenoxy) is 1. The first-order chi connectivity index (χ1) is 11.1. The Morgan fingerprint density at radius 1 is 1.22 bits per heavy atom. The van der Waals surface area contributed by atoms with Crippen LogP contribution in [-0.2, 0) is 4.79 Å². The van der Waals surface area contributed by atoms with Gasteiger partial charge in [-0.1, -0.05) is 0 Å². The molecule has 3 rings (SSSR count). The molecule has 1 aromatic heterocycles. The number of nitrogens with one attached hydrogen (secondary N) is 1. The first-order valence-corrected chi connectivity index (χ1v) is 7.79. The van der Waals surface area contributed by atoms with Crippen molar-refractivity contribution in [1.82, 2.24) is 9.88 Å². The van der Waals surface area contributed by atoms with Crippen molar-refractivity contribution < 1.29 is 9.53 Å². The molecule has 1 aliphatic rings. The van der Waals surface area contributed by atoms with Crippen LogP contribution in [0.3, 0.4) is 0 Å². The topological polar surface area (TPSA) is 57.7 Å². The summed E-state index contributed by atoms with van der Waals surface area (Å²) in [6, 6.07) is 6.03. The van der Waals surface area contributed by atoms with Crippen molar-refractivity contribution in [2.45, 2.75) is 6.92 Å². The summed E-state index contributed by atoms with van der Waals surface area (Å²) in [5.74, 6) is 1.93. The number of hydrogen-bond donors (Lipinski definition) is 1. The summed E-state index contributed by atoms with van der Waals surface area (Å²) in [6.45, 7) is 4.70. The van der Waals surface area contributed by atoms with Gasteiger partial charge in [-0.3, -0.25) is 4.79 Å². The second-order valence-electron chi connectivity index (χ2n) is 5.65. The fraction of sp³-hybridized carbons (Fsp3) is 0.412. The molecule has 0 saturated carbocycles. The van der Waals surface area contributed by atoms with Gasteiger partial charge in [0.25, 0.3) is 0 Å². The molecule has 1 fully saturated rings. The number of benzene rings is 1. The molecule has 2 aromatic rings. The first kappa shape index (κ1) is 15.4. The molecule has 0 aliphatic carbocycles. The van der Waals surface area contributed by atoms with E-state index in [0.29, 0.717) is 0 Å². The highest BCUT2D eigenvalue weighted by atomic mass is 16.5. The molecular weight excluding hydrogens is 292 g/mol. The molecule has 1 N–H and O–H groups in total. The number of hydrogen-bond acceptors (Lipinski definition) is 5. The molecule has 1 saturated heterocycles. The number of carbonyl (C=O) groups is 1. The Morgan fingerprint density at radius 3 is 2.57 bits per heavy atom. The number of aromatic nitrogens is 1. The molecule has 0 spiro atoms. The van der Waals surface area contributed by atoms with Gasteiger partial charge in [0.15, 0.2) is 0 Å². The minimum Gasteiger partial charge on any atom is -0.497 e. The number of pyridine rings is 1. The Kier molecular flexibility index (Phi) is 4.23. The fourth-order valence-electron chi connectivity index (χ4n) is 3.02. The molecule has 0 unspecified atom stereocenters. The molecule has 1 aliphatic heterocycles. The number of anilines is 2. The minimum atomic E-state index is 0.137. The van der Waals surface area contributed by atoms with Crippen LogP contribution >= 0.6 is 0 Å². The smallest absolute Gasteiger partial charge is 0.219 e. The van der Waals surface area contributed by atoms with E-state index in [2.05, 4.69) is 21.3 Å². The molecule has 1 amide bonds. The molecule has 1 aromatic carbocycles. The van der Waals surface area contributed by atoms with Crippen LogP contribution in [0, 0.1) is 0 Å². The lowest BCUT2D eigenvalue weighted by Gasteiger charge is -2.35. The third kappa shape index (κ3) is 2.88. The van der Waals surface area contributed by atoms with Gasteiger partial charge in [0.2, 0.25) is 5.91 Å². The average molecular weight is 314 g/mol. The highest BCUT2D eigenvalue weighted by Gasteiger charge is 2.21. The van der Waals surface area contributed by atoms with Gasteiger partial charge in [0.1, 0.15) is 11.6 Å².